The number of amides is 2. The number of carbonyl (C=O) groups is 2. The summed E-state index contributed by atoms with van der Waals surface area (Å²) in [5, 5.41) is 3.24. The van der Waals surface area contributed by atoms with Crippen LogP contribution in [0.3, 0.4) is 0 Å². The Morgan fingerprint density at radius 1 is 1.03 bits per heavy atom. The molecule has 0 bridgehead atoms. The van der Waals surface area contributed by atoms with E-state index in [9.17, 15) is 9.59 Å². The zero-order valence-corrected chi connectivity index (χ0v) is 18.7. The van der Waals surface area contributed by atoms with E-state index < -0.39 is 0 Å². The van der Waals surface area contributed by atoms with Crippen molar-refractivity contribution in [3.05, 3.63) is 79.5 Å². The molecule has 3 aromatic rings. The summed E-state index contributed by atoms with van der Waals surface area (Å²) < 4.78 is 0.703. The van der Waals surface area contributed by atoms with E-state index >= 15 is 0 Å². The smallest absolute Gasteiger partial charge is 0.258 e. The van der Waals surface area contributed by atoms with Gasteiger partial charge < -0.3 is 10.2 Å². The summed E-state index contributed by atoms with van der Waals surface area (Å²) in [6.07, 6.45) is 2.94. The number of thiophene rings is 1. The molecule has 30 heavy (non-hydrogen) atoms. The maximum atomic E-state index is 13.3. The lowest BCUT2D eigenvalue weighted by molar-refractivity contribution is 0.0985. The summed E-state index contributed by atoms with van der Waals surface area (Å²) in [6.45, 7) is 2.54. The lowest BCUT2D eigenvalue weighted by Crippen LogP contribution is -2.32. The van der Waals surface area contributed by atoms with Gasteiger partial charge in [0.1, 0.15) is 0 Å². The molecule has 1 aliphatic rings. The van der Waals surface area contributed by atoms with Crippen molar-refractivity contribution >= 4 is 57.7 Å². The van der Waals surface area contributed by atoms with Gasteiger partial charge in [0.05, 0.1) is 20.6 Å². The van der Waals surface area contributed by atoms with Crippen LogP contribution in [0.5, 0.6) is 0 Å². The van der Waals surface area contributed by atoms with Crippen LogP contribution in [0.25, 0.3) is 0 Å². The van der Waals surface area contributed by atoms with E-state index in [1.165, 1.54) is 0 Å². The number of hydrogen-bond acceptors (Lipinski definition) is 3. The Bertz CT molecular complexity index is 1130. The minimum atomic E-state index is -0.288. The van der Waals surface area contributed by atoms with E-state index in [4.69, 9.17) is 23.2 Å². The SMILES string of the molecule is Cc1cc(NC(=O)c2ccccc2Cl)ccc1C(=O)N1CCCCc2sc(Cl)cc21. The summed E-state index contributed by atoms with van der Waals surface area (Å²) in [6, 6.07) is 14.1. The predicted octanol–water partition coefficient (Wildman–Crippen LogP) is 6.60. The van der Waals surface area contributed by atoms with Gasteiger partial charge in [-0.05, 0) is 68.1 Å². The minimum absolute atomic E-state index is 0.0471. The van der Waals surface area contributed by atoms with Gasteiger partial charge in [0.25, 0.3) is 11.8 Å². The van der Waals surface area contributed by atoms with Crippen LogP contribution in [0.2, 0.25) is 9.36 Å². The van der Waals surface area contributed by atoms with Crippen molar-refractivity contribution in [1.29, 1.82) is 0 Å². The number of carbonyl (C=O) groups excluding carboxylic acids is 2. The van der Waals surface area contributed by atoms with Crippen LogP contribution in [0.1, 0.15) is 44.0 Å². The molecule has 0 aliphatic carbocycles. The summed E-state index contributed by atoms with van der Waals surface area (Å²) >= 11 is 13.9. The third-order valence-electron chi connectivity index (χ3n) is 5.16. The second-order valence-corrected chi connectivity index (χ2v) is 9.41. The van der Waals surface area contributed by atoms with Crippen LogP contribution in [-0.4, -0.2) is 18.4 Å². The number of benzene rings is 2. The largest absolute Gasteiger partial charge is 0.322 e. The van der Waals surface area contributed by atoms with E-state index in [-0.39, 0.29) is 11.8 Å². The highest BCUT2D eigenvalue weighted by Crippen LogP contribution is 2.37. The third kappa shape index (κ3) is 4.24. The molecule has 0 atom stereocenters. The number of nitrogens with one attached hydrogen (secondary N) is 1. The van der Waals surface area contributed by atoms with Crippen molar-refractivity contribution in [2.24, 2.45) is 0 Å². The maximum Gasteiger partial charge on any atom is 0.258 e. The lowest BCUT2D eigenvalue weighted by Gasteiger charge is -2.22. The molecule has 0 saturated heterocycles. The molecule has 154 valence electrons. The van der Waals surface area contributed by atoms with E-state index in [2.05, 4.69) is 5.32 Å². The fourth-order valence-corrected chi connectivity index (χ4v) is 5.18. The Balaban J connectivity index is 1.57. The number of nitrogens with zero attached hydrogens (tertiary/aromatic N) is 1. The normalized spacial score (nSPS) is 13.5. The highest BCUT2D eigenvalue weighted by atomic mass is 35.5. The number of rotatable bonds is 3. The second kappa shape index (κ2) is 8.80. The standard InChI is InChI=1S/C23H20Cl2N2O2S/c1-14-12-15(26-22(28)17-6-2-3-7-18(17)24)9-10-16(14)23(29)27-11-5-4-8-20-19(27)13-21(25)30-20/h2-3,6-7,9-10,12-13H,4-5,8,11H2,1H3,(H,26,28). The van der Waals surface area contributed by atoms with Gasteiger partial charge in [-0.3, -0.25) is 9.59 Å². The lowest BCUT2D eigenvalue weighted by atomic mass is 10.1. The quantitative estimate of drug-likeness (QED) is 0.480. The van der Waals surface area contributed by atoms with E-state index in [0.717, 1.165) is 35.4 Å². The number of fused-ring (bicyclic) bond motifs is 1. The summed E-state index contributed by atoms with van der Waals surface area (Å²) in [5.74, 6) is -0.335. The van der Waals surface area contributed by atoms with Crippen molar-refractivity contribution in [3.8, 4) is 0 Å². The molecule has 0 spiro atoms. The molecule has 0 radical (unpaired) electrons. The van der Waals surface area contributed by atoms with Crippen LogP contribution in [0.4, 0.5) is 11.4 Å². The van der Waals surface area contributed by atoms with E-state index in [1.54, 1.807) is 53.8 Å². The number of aryl methyl sites for hydroxylation is 2. The molecule has 4 rings (SSSR count). The van der Waals surface area contributed by atoms with Crippen LogP contribution < -0.4 is 10.2 Å². The van der Waals surface area contributed by atoms with Gasteiger partial charge in [0.15, 0.2) is 0 Å². The molecule has 7 heteroatoms. The van der Waals surface area contributed by atoms with Crippen LogP contribution in [-0.2, 0) is 6.42 Å². The Kier molecular flexibility index (Phi) is 6.14. The molecular formula is C23H20Cl2N2O2S. The molecule has 0 saturated carbocycles. The van der Waals surface area contributed by atoms with Gasteiger partial charge in [-0.1, -0.05) is 35.3 Å². The summed E-state index contributed by atoms with van der Waals surface area (Å²) in [7, 11) is 0. The minimum Gasteiger partial charge on any atom is -0.322 e. The number of hydrogen-bond donors (Lipinski definition) is 1. The summed E-state index contributed by atoms with van der Waals surface area (Å²) in [4.78, 5) is 28.8. The van der Waals surface area contributed by atoms with Crippen molar-refractivity contribution in [2.75, 3.05) is 16.8 Å². The average Bonchev–Trinajstić information content (AvgIpc) is 2.97. The Morgan fingerprint density at radius 3 is 2.60 bits per heavy atom. The Hall–Kier alpha value is -2.34. The van der Waals surface area contributed by atoms with Gasteiger partial charge in [-0.25, -0.2) is 0 Å². The Morgan fingerprint density at radius 2 is 1.83 bits per heavy atom. The zero-order chi connectivity index (χ0) is 21.3. The van der Waals surface area contributed by atoms with Crippen molar-refractivity contribution < 1.29 is 9.59 Å². The van der Waals surface area contributed by atoms with Gasteiger partial charge in [-0.15, -0.1) is 11.3 Å². The summed E-state index contributed by atoms with van der Waals surface area (Å²) in [5.41, 5.74) is 3.35. The molecule has 1 N–H and O–H groups in total. The zero-order valence-electron chi connectivity index (χ0n) is 16.4. The maximum absolute atomic E-state index is 13.3. The van der Waals surface area contributed by atoms with Crippen molar-refractivity contribution in [3.63, 3.8) is 0 Å². The predicted molar refractivity (Wildman–Crippen MR) is 125 cm³/mol. The van der Waals surface area contributed by atoms with Crippen molar-refractivity contribution in [2.45, 2.75) is 26.2 Å². The molecule has 1 aliphatic heterocycles. The van der Waals surface area contributed by atoms with E-state index in [0.29, 0.717) is 32.7 Å². The fourth-order valence-electron chi connectivity index (χ4n) is 3.65. The first-order chi connectivity index (χ1) is 14.4. The molecule has 0 unspecified atom stereocenters. The molecule has 4 nitrogen and oxygen atoms in total. The highest BCUT2D eigenvalue weighted by molar-refractivity contribution is 7.16. The van der Waals surface area contributed by atoms with Crippen molar-refractivity contribution in [1.82, 2.24) is 0 Å². The fraction of sp³-hybridized carbons (Fsp3) is 0.217. The van der Waals surface area contributed by atoms with Gasteiger partial charge >= 0.3 is 0 Å². The second-order valence-electron chi connectivity index (χ2n) is 7.24. The monoisotopic (exact) mass is 458 g/mol. The highest BCUT2D eigenvalue weighted by Gasteiger charge is 2.25. The topological polar surface area (TPSA) is 49.4 Å². The molecular weight excluding hydrogens is 439 g/mol. The molecule has 2 heterocycles. The van der Waals surface area contributed by atoms with Gasteiger partial charge in [-0.2, -0.15) is 0 Å². The molecule has 2 amide bonds. The van der Waals surface area contributed by atoms with Crippen LogP contribution in [0.15, 0.2) is 48.5 Å². The number of halogens is 2. The first kappa shape index (κ1) is 20.9. The van der Waals surface area contributed by atoms with E-state index in [1.807, 2.05) is 17.9 Å². The first-order valence-corrected chi connectivity index (χ1v) is 11.3. The molecule has 0 fully saturated rings. The van der Waals surface area contributed by atoms with Crippen LogP contribution >= 0.6 is 34.5 Å². The molecule has 2 aromatic carbocycles. The van der Waals surface area contributed by atoms with Crippen LogP contribution in [0, 0.1) is 6.92 Å². The van der Waals surface area contributed by atoms with Gasteiger partial charge in [0, 0.05) is 22.7 Å². The first-order valence-electron chi connectivity index (χ1n) is 9.70. The number of anilines is 2. The molecule has 1 aromatic heterocycles. The third-order valence-corrected chi connectivity index (χ3v) is 6.80. The van der Waals surface area contributed by atoms with Gasteiger partial charge in [0.2, 0.25) is 0 Å². The Labute approximate surface area is 189 Å². The average molecular weight is 459 g/mol.